The number of nitrogens with zero attached hydrogens (tertiary/aromatic N) is 3. The Hall–Kier alpha value is -2.31. The zero-order valence-electron chi connectivity index (χ0n) is 13.9. The number of rotatable bonds is 5. The fourth-order valence-corrected chi connectivity index (χ4v) is 3.55. The Morgan fingerprint density at radius 2 is 1.88 bits per heavy atom. The zero-order valence-corrected chi connectivity index (χ0v) is 15.4. The molecule has 0 saturated heterocycles. The van der Waals surface area contributed by atoms with Crippen LogP contribution in [0.2, 0.25) is 5.02 Å². The first-order chi connectivity index (χ1) is 12.0. The Bertz CT molecular complexity index is 892. The molecule has 0 aliphatic carbocycles. The molecule has 0 aliphatic heterocycles. The van der Waals surface area contributed by atoms with E-state index in [0.29, 0.717) is 0 Å². The molecule has 5 nitrogen and oxygen atoms in total. The number of benzene rings is 2. The Balaban J connectivity index is 1.74. The summed E-state index contributed by atoms with van der Waals surface area (Å²) in [6.45, 7) is 1.49. The van der Waals surface area contributed by atoms with Gasteiger partial charge in [-0.25, -0.2) is 0 Å². The van der Waals surface area contributed by atoms with Crippen molar-refractivity contribution in [2.24, 2.45) is 7.05 Å². The number of halogens is 1. The molecule has 0 atom stereocenters. The minimum absolute atomic E-state index is 0.0929. The van der Waals surface area contributed by atoms with E-state index in [4.69, 9.17) is 11.6 Å². The van der Waals surface area contributed by atoms with Gasteiger partial charge in [-0.15, -0.1) is 10.2 Å². The van der Waals surface area contributed by atoms with Gasteiger partial charge in [-0.3, -0.25) is 4.79 Å². The molecule has 1 N–H and O–H groups in total. The van der Waals surface area contributed by atoms with Crippen LogP contribution in [0.5, 0.6) is 0 Å². The summed E-state index contributed by atoms with van der Waals surface area (Å²) in [5, 5.41) is 12.9. The van der Waals surface area contributed by atoms with Gasteiger partial charge in [0.1, 0.15) is 0 Å². The third kappa shape index (κ3) is 4.21. The fraction of sp³-hybridized carbons (Fsp3) is 0.167. The van der Waals surface area contributed by atoms with Crippen molar-refractivity contribution in [1.82, 2.24) is 14.8 Å². The van der Waals surface area contributed by atoms with Gasteiger partial charge in [0.15, 0.2) is 11.0 Å². The number of amides is 1. The van der Waals surface area contributed by atoms with E-state index >= 15 is 0 Å². The van der Waals surface area contributed by atoms with Gasteiger partial charge in [-0.2, -0.15) is 0 Å². The minimum Gasteiger partial charge on any atom is -0.326 e. The van der Waals surface area contributed by atoms with E-state index in [1.807, 2.05) is 60.1 Å². The molecule has 128 valence electrons. The van der Waals surface area contributed by atoms with Crippen molar-refractivity contribution in [2.75, 3.05) is 5.32 Å². The SMILES string of the molecule is CC(=O)Nc1ccc(-c2nnc(SCc3ccccc3Cl)n2C)cc1. The van der Waals surface area contributed by atoms with E-state index < -0.39 is 0 Å². The molecule has 1 heterocycles. The molecule has 0 bridgehead atoms. The lowest BCUT2D eigenvalue weighted by Crippen LogP contribution is -2.05. The van der Waals surface area contributed by atoms with E-state index in [2.05, 4.69) is 15.5 Å². The van der Waals surface area contributed by atoms with Crippen LogP contribution in [0, 0.1) is 0 Å². The molecule has 1 aromatic heterocycles. The Morgan fingerprint density at radius 1 is 1.16 bits per heavy atom. The first-order valence-electron chi connectivity index (χ1n) is 7.68. The van der Waals surface area contributed by atoms with Crippen molar-refractivity contribution in [2.45, 2.75) is 17.8 Å². The van der Waals surface area contributed by atoms with Gasteiger partial charge in [-0.05, 0) is 35.9 Å². The first-order valence-corrected chi connectivity index (χ1v) is 9.04. The predicted octanol–water partition coefficient (Wildman–Crippen LogP) is 4.39. The van der Waals surface area contributed by atoms with Crippen molar-refractivity contribution in [3.8, 4) is 11.4 Å². The highest BCUT2D eigenvalue weighted by molar-refractivity contribution is 7.98. The fourth-order valence-electron chi connectivity index (χ4n) is 2.36. The van der Waals surface area contributed by atoms with Crippen LogP contribution in [-0.4, -0.2) is 20.7 Å². The summed E-state index contributed by atoms with van der Waals surface area (Å²) in [4.78, 5) is 11.1. The summed E-state index contributed by atoms with van der Waals surface area (Å²) in [6.07, 6.45) is 0. The predicted molar refractivity (Wildman–Crippen MR) is 102 cm³/mol. The van der Waals surface area contributed by atoms with Gasteiger partial charge in [0.2, 0.25) is 5.91 Å². The Kier molecular flexibility index (Phi) is 5.40. The van der Waals surface area contributed by atoms with Gasteiger partial charge in [0.05, 0.1) is 0 Å². The molecule has 25 heavy (non-hydrogen) atoms. The quantitative estimate of drug-likeness (QED) is 0.675. The molecular weight excluding hydrogens is 356 g/mol. The van der Waals surface area contributed by atoms with E-state index in [9.17, 15) is 4.79 Å². The van der Waals surface area contributed by atoms with Gasteiger partial charge < -0.3 is 9.88 Å². The third-order valence-electron chi connectivity index (χ3n) is 3.61. The van der Waals surface area contributed by atoms with Crippen LogP contribution in [-0.2, 0) is 17.6 Å². The second-order valence-electron chi connectivity index (χ2n) is 5.50. The lowest BCUT2D eigenvalue weighted by molar-refractivity contribution is -0.114. The van der Waals surface area contributed by atoms with Crippen LogP contribution in [0.3, 0.4) is 0 Å². The lowest BCUT2D eigenvalue weighted by Gasteiger charge is -2.06. The maximum atomic E-state index is 11.1. The molecule has 0 spiro atoms. The molecule has 0 aliphatic rings. The largest absolute Gasteiger partial charge is 0.326 e. The van der Waals surface area contributed by atoms with E-state index in [1.165, 1.54) is 6.92 Å². The summed E-state index contributed by atoms with van der Waals surface area (Å²) in [6, 6.07) is 15.3. The van der Waals surface area contributed by atoms with E-state index in [1.54, 1.807) is 11.8 Å². The number of aromatic nitrogens is 3. The zero-order chi connectivity index (χ0) is 17.8. The highest BCUT2D eigenvalue weighted by Crippen LogP contribution is 2.28. The molecule has 3 rings (SSSR count). The number of anilines is 1. The Labute approximate surface area is 155 Å². The summed E-state index contributed by atoms with van der Waals surface area (Å²) < 4.78 is 1.95. The molecule has 0 fully saturated rings. The molecule has 0 radical (unpaired) electrons. The Morgan fingerprint density at radius 3 is 2.56 bits per heavy atom. The van der Waals surface area contributed by atoms with Crippen LogP contribution in [0.4, 0.5) is 5.69 Å². The van der Waals surface area contributed by atoms with Gasteiger partial charge in [0.25, 0.3) is 0 Å². The van der Waals surface area contributed by atoms with Crippen LogP contribution in [0.25, 0.3) is 11.4 Å². The number of thioether (sulfide) groups is 1. The average molecular weight is 373 g/mol. The van der Waals surface area contributed by atoms with Gasteiger partial charge in [-0.1, -0.05) is 41.6 Å². The smallest absolute Gasteiger partial charge is 0.221 e. The third-order valence-corrected chi connectivity index (χ3v) is 5.05. The molecular formula is C18H17ClN4OS. The molecule has 7 heteroatoms. The first kappa shape index (κ1) is 17.5. The molecule has 0 saturated carbocycles. The molecule has 3 aromatic rings. The number of carbonyl (C=O) groups excluding carboxylic acids is 1. The van der Waals surface area contributed by atoms with E-state index in [-0.39, 0.29) is 5.91 Å². The molecule has 2 aromatic carbocycles. The topological polar surface area (TPSA) is 59.8 Å². The number of carbonyl (C=O) groups is 1. The maximum Gasteiger partial charge on any atom is 0.221 e. The standard InChI is InChI=1S/C18H17ClN4OS/c1-12(24)20-15-9-7-13(8-10-15)17-21-22-18(23(17)2)25-11-14-5-3-4-6-16(14)19/h3-10H,11H2,1-2H3,(H,20,24). The van der Waals surface area contributed by atoms with Crippen molar-refractivity contribution in [3.63, 3.8) is 0 Å². The van der Waals surface area contributed by atoms with Gasteiger partial charge in [0, 0.05) is 36.0 Å². The second-order valence-corrected chi connectivity index (χ2v) is 6.85. The normalized spacial score (nSPS) is 10.7. The number of hydrogen-bond acceptors (Lipinski definition) is 4. The summed E-state index contributed by atoms with van der Waals surface area (Å²) in [7, 11) is 1.94. The monoisotopic (exact) mass is 372 g/mol. The minimum atomic E-state index is -0.0929. The van der Waals surface area contributed by atoms with Crippen molar-refractivity contribution in [1.29, 1.82) is 0 Å². The maximum absolute atomic E-state index is 11.1. The van der Waals surface area contributed by atoms with Gasteiger partial charge >= 0.3 is 0 Å². The van der Waals surface area contributed by atoms with Crippen molar-refractivity contribution < 1.29 is 4.79 Å². The summed E-state index contributed by atoms with van der Waals surface area (Å²) in [5.41, 5.74) is 2.76. The highest BCUT2D eigenvalue weighted by Gasteiger charge is 2.12. The second kappa shape index (κ2) is 7.72. The van der Waals surface area contributed by atoms with Crippen LogP contribution in [0.15, 0.2) is 53.7 Å². The molecule has 1 amide bonds. The number of hydrogen-bond donors (Lipinski definition) is 1. The summed E-state index contributed by atoms with van der Waals surface area (Å²) in [5.74, 6) is 1.41. The molecule has 0 unspecified atom stereocenters. The lowest BCUT2D eigenvalue weighted by atomic mass is 10.2. The number of nitrogens with one attached hydrogen (secondary N) is 1. The average Bonchev–Trinajstić information content (AvgIpc) is 2.95. The summed E-state index contributed by atoms with van der Waals surface area (Å²) >= 11 is 7.79. The van der Waals surface area contributed by atoms with Crippen molar-refractivity contribution in [3.05, 3.63) is 59.1 Å². The van der Waals surface area contributed by atoms with Crippen LogP contribution in [0.1, 0.15) is 12.5 Å². The van der Waals surface area contributed by atoms with Crippen LogP contribution >= 0.6 is 23.4 Å². The van der Waals surface area contributed by atoms with E-state index in [0.717, 1.165) is 38.6 Å². The highest BCUT2D eigenvalue weighted by atomic mass is 35.5. The van der Waals surface area contributed by atoms with Crippen LogP contribution < -0.4 is 5.32 Å². The van der Waals surface area contributed by atoms with Crippen molar-refractivity contribution >= 4 is 35.0 Å².